The molecule has 0 aliphatic carbocycles. The zero-order valence-corrected chi connectivity index (χ0v) is 11.3. The van der Waals surface area contributed by atoms with Crippen LogP contribution in [0.4, 0.5) is 5.82 Å². The number of aromatic nitrogens is 2. The summed E-state index contributed by atoms with van der Waals surface area (Å²) in [5.74, 6) is 7.67. The van der Waals surface area contributed by atoms with Gasteiger partial charge >= 0.3 is 0 Å². The summed E-state index contributed by atoms with van der Waals surface area (Å²) in [6.07, 6.45) is 1.33. The van der Waals surface area contributed by atoms with Gasteiger partial charge in [-0.3, -0.25) is 0 Å². The first-order chi connectivity index (χ1) is 9.75. The van der Waals surface area contributed by atoms with Crippen molar-refractivity contribution in [2.24, 2.45) is 5.84 Å². The molecule has 6 heteroatoms. The van der Waals surface area contributed by atoms with E-state index in [1.807, 2.05) is 31.2 Å². The van der Waals surface area contributed by atoms with Crippen LogP contribution in [0.3, 0.4) is 0 Å². The second-order valence-corrected chi connectivity index (χ2v) is 4.23. The highest BCUT2D eigenvalue weighted by molar-refractivity contribution is 5.39. The standard InChI is InChI=1S/C14H18N4O2/c1-2-12-16-13(18-15)9-14(17-12)20-11-5-3-10(4-6-11)7-8-19/h3-6,9,19H,2,7-8,15H2,1H3,(H,16,17,18). The highest BCUT2D eigenvalue weighted by Gasteiger charge is 2.05. The Morgan fingerprint density at radius 2 is 2.00 bits per heavy atom. The minimum atomic E-state index is 0.136. The van der Waals surface area contributed by atoms with E-state index < -0.39 is 0 Å². The molecule has 106 valence electrons. The van der Waals surface area contributed by atoms with Gasteiger partial charge in [0, 0.05) is 19.1 Å². The molecule has 0 fully saturated rings. The van der Waals surface area contributed by atoms with Gasteiger partial charge in [0.2, 0.25) is 5.88 Å². The number of nitrogen functional groups attached to an aromatic ring is 1. The molecule has 0 saturated carbocycles. The van der Waals surface area contributed by atoms with Crippen LogP contribution >= 0.6 is 0 Å². The van der Waals surface area contributed by atoms with Gasteiger partial charge in [0.15, 0.2) is 0 Å². The average Bonchev–Trinajstić information content (AvgIpc) is 2.49. The van der Waals surface area contributed by atoms with Crippen molar-refractivity contribution < 1.29 is 9.84 Å². The zero-order chi connectivity index (χ0) is 14.4. The number of aliphatic hydroxyl groups is 1. The SMILES string of the molecule is CCc1nc(NN)cc(Oc2ccc(CCO)cc2)n1. The normalized spacial score (nSPS) is 10.3. The Kier molecular flexibility index (Phi) is 4.86. The number of nitrogens with two attached hydrogens (primary N) is 1. The topological polar surface area (TPSA) is 93.3 Å². The average molecular weight is 274 g/mol. The third-order valence-corrected chi connectivity index (χ3v) is 2.76. The quantitative estimate of drug-likeness (QED) is 0.548. The van der Waals surface area contributed by atoms with E-state index in [1.54, 1.807) is 6.07 Å². The Morgan fingerprint density at radius 1 is 1.25 bits per heavy atom. The largest absolute Gasteiger partial charge is 0.439 e. The molecule has 1 aromatic carbocycles. The molecule has 0 atom stereocenters. The van der Waals surface area contributed by atoms with Crippen molar-refractivity contribution in [3.8, 4) is 11.6 Å². The molecule has 0 bridgehead atoms. The second kappa shape index (κ2) is 6.83. The Bertz CT molecular complexity index is 535. The lowest BCUT2D eigenvalue weighted by molar-refractivity contribution is 0.299. The predicted octanol–water partition coefficient (Wildman–Crippen LogP) is 1.65. The maximum atomic E-state index is 8.87. The fourth-order valence-electron chi connectivity index (χ4n) is 1.73. The number of ether oxygens (including phenoxy) is 1. The first kappa shape index (κ1) is 14.2. The van der Waals surface area contributed by atoms with Crippen molar-refractivity contribution in [1.29, 1.82) is 0 Å². The van der Waals surface area contributed by atoms with Gasteiger partial charge in [-0.25, -0.2) is 10.8 Å². The fraction of sp³-hybridized carbons (Fsp3) is 0.286. The highest BCUT2D eigenvalue weighted by atomic mass is 16.5. The molecule has 0 aliphatic rings. The Labute approximate surface area is 117 Å². The Hall–Kier alpha value is -2.18. The summed E-state index contributed by atoms with van der Waals surface area (Å²) < 4.78 is 5.69. The molecule has 2 rings (SSSR count). The second-order valence-electron chi connectivity index (χ2n) is 4.23. The summed E-state index contributed by atoms with van der Waals surface area (Å²) in [5.41, 5.74) is 3.55. The lowest BCUT2D eigenvalue weighted by Crippen LogP contribution is -2.10. The molecular formula is C14H18N4O2. The zero-order valence-electron chi connectivity index (χ0n) is 11.3. The molecule has 1 aromatic heterocycles. The molecule has 0 amide bonds. The van der Waals surface area contributed by atoms with E-state index in [2.05, 4.69) is 15.4 Å². The van der Waals surface area contributed by atoms with E-state index in [-0.39, 0.29) is 6.61 Å². The number of aryl methyl sites for hydroxylation is 1. The van der Waals surface area contributed by atoms with Gasteiger partial charge in [0.25, 0.3) is 0 Å². The first-order valence-corrected chi connectivity index (χ1v) is 6.47. The molecular weight excluding hydrogens is 256 g/mol. The van der Waals surface area contributed by atoms with E-state index in [0.717, 1.165) is 5.56 Å². The monoisotopic (exact) mass is 274 g/mol. The summed E-state index contributed by atoms with van der Waals surface area (Å²) in [7, 11) is 0. The van der Waals surface area contributed by atoms with Crippen molar-refractivity contribution in [3.63, 3.8) is 0 Å². The molecule has 20 heavy (non-hydrogen) atoms. The van der Waals surface area contributed by atoms with Gasteiger partial charge in [0.1, 0.15) is 17.4 Å². The number of hydrazine groups is 1. The van der Waals surface area contributed by atoms with Gasteiger partial charge < -0.3 is 15.3 Å². The van der Waals surface area contributed by atoms with Crippen molar-refractivity contribution in [3.05, 3.63) is 41.7 Å². The van der Waals surface area contributed by atoms with E-state index in [0.29, 0.717) is 36.1 Å². The van der Waals surface area contributed by atoms with Gasteiger partial charge in [-0.05, 0) is 24.1 Å². The lowest BCUT2D eigenvalue weighted by Gasteiger charge is -2.08. The van der Waals surface area contributed by atoms with Crippen LogP contribution in [0.2, 0.25) is 0 Å². The summed E-state index contributed by atoms with van der Waals surface area (Å²) in [6.45, 7) is 2.10. The third kappa shape index (κ3) is 3.66. The van der Waals surface area contributed by atoms with Crippen molar-refractivity contribution in [2.45, 2.75) is 19.8 Å². The number of benzene rings is 1. The molecule has 1 heterocycles. The summed E-state index contributed by atoms with van der Waals surface area (Å²) in [6, 6.07) is 9.15. The number of anilines is 1. The van der Waals surface area contributed by atoms with Crippen LogP contribution in [0.15, 0.2) is 30.3 Å². The Balaban J connectivity index is 2.16. The van der Waals surface area contributed by atoms with Crippen molar-refractivity contribution >= 4 is 5.82 Å². The van der Waals surface area contributed by atoms with Crippen LogP contribution in [0.1, 0.15) is 18.3 Å². The maximum Gasteiger partial charge on any atom is 0.224 e. The smallest absolute Gasteiger partial charge is 0.224 e. The van der Waals surface area contributed by atoms with Crippen LogP contribution in [-0.4, -0.2) is 21.7 Å². The minimum absolute atomic E-state index is 0.136. The molecule has 0 spiro atoms. The molecule has 4 N–H and O–H groups in total. The number of aliphatic hydroxyl groups excluding tert-OH is 1. The minimum Gasteiger partial charge on any atom is -0.439 e. The number of nitrogens with one attached hydrogen (secondary N) is 1. The van der Waals surface area contributed by atoms with E-state index in [4.69, 9.17) is 15.7 Å². The molecule has 0 radical (unpaired) electrons. The first-order valence-electron chi connectivity index (χ1n) is 6.47. The summed E-state index contributed by atoms with van der Waals surface area (Å²) in [5, 5.41) is 8.87. The van der Waals surface area contributed by atoms with E-state index in [9.17, 15) is 0 Å². The van der Waals surface area contributed by atoms with E-state index >= 15 is 0 Å². The number of hydrogen-bond acceptors (Lipinski definition) is 6. The van der Waals surface area contributed by atoms with Crippen LogP contribution in [0.25, 0.3) is 0 Å². The van der Waals surface area contributed by atoms with Gasteiger partial charge in [-0.15, -0.1) is 0 Å². The lowest BCUT2D eigenvalue weighted by atomic mass is 10.1. The molecule has 0 saturated heterocycles. The summed E-state index contributed by atoms with van der Waals surface area (Å²) >= 11 is 0. The van der Waals surface area contributed by atoms with Crippen LogP contribution < -0.4 is 16.0 Å². The third-order valence-electron chi connectivity index (χ3n) is 2.76. The summed E-state index contributed by atoms with van der Waals surface area (Å²) in [4.78, 5) is 8.48. The maximum absolute atomic E-state index is 8.87. The van der Waals surface area contributed by atoms with Crippen LogP contribution in [0.5, 0.6) is 11.6 Å². The number of nitrogens with zero attached hydrogens (tertiary/aromatic N) is 2. The molecule has 0 unspecified atom stereocenters. The molecule has 6 nitrogen and oxygen atoms in total. The number of hydrogen-bond donors (Lipinski definition) is 3. The predicted molar refractivity (Wildman–Crippen MR) is 76.5 cm³/mol. The highest BCUT2D eigenvalue weighted by Crippen LogP contribution is 2.22. The van der Waals surface area contributed by atoms with E-state index in [1.165, 1.54) is 0 Å². The van der Waals surface area contributed by atoms with Crippen LogP contribution in [0, 0.1) is 0 Å². The fourth-order valence-corrected chi connectivity index (χ4v) is 1.73. The van der Waals surface area contributed by atoms with Crippen molar-refractivity contribution in [2.75, 3.05) is 12.0 Å². The molecule has 2 aromatic rings. The van der Waals surface area contributed by atoms with Crippen LogP contribution in [-0.2, 0) is 12.8 Å². The van der Waals surface area contributed by atoms with Gasteiger partial charge in [-0.2, -0.15) is 4.98 Å². The van der Waals surface area contributed by atoms with Gasteiger partial charge in [-0.1, -0.05) is 19.1 Å². The van der Waals surface area contributed by atoms with Crippen molar-refractivity contribution in [1.82, 2.24) is 9.97 Å². The number of rotatable bonds is 6. The van der Waals surface area contributed by atoms with Gasteiger partial charge in [0.05, 0.1) is 0 Å². The molecule has 0 aliphatic heterocycles. The Morgan fingerprint density at radius 3 is 2.60 bits per heavy atom.